The van der Waals surface area contributed by atoms with E-state index in [4.69, 9.17) is 9.47 Å². The molecule has 3 rings (SSSR count). The van der Waals surface area contributed by atoms with Gasteiger partial charge < -0.3 is 14.8 Å². The van der Waals surface area contributed by atoms with Gasteiger partial charge in [-0.05, 0) is 42.3 Å². The lowest BCUT2D eigenvalue weighted by molar-refractivity contribution is -0.125. The van der Waals surface area contributed by atoms with Gasteiger partial charge in [0.05, 0.1) is 12.8 Å². The first-order valence-corrected chi connectivity index (χ1v) is 8.90. The number of ether oxygens (including phenoxy) is 2. The normalized spacial score (nSPS) is 13.0. The van der Waals surface area contributed by atoms with E-state index in [9.17, 15) is 9.59 Å². The maximum Gasteiger partial charge on any atom is 0.265 e. The first kappa shape index (κ1) is 18.3. The van der Waals surface area contributed by atoms with Crippen molar-refractivity contribution in [2.45, 2.75) is 13.5 Å². The summed E-state index contributed by atoms with van der Waals surface area (Å²) in [6.07, 6.45) is 0. The number of halogens is 1. The van der Waals surface area contributed by atoms with Gasteiger partial charge in [-0.3, -0.25) is 14.5 Å². The Labute approximate surface area is 160 Å². The summed E-state index contributed by atoms with van der Waals surface area (Å²) in [5, 5.41) is 2.84. The van der Waals surface area contributed by atoms with Crippen LogP contribution in [-0.4, -0.2) is 32.1 Å². The number of methoxy groups -OCH3 is 1. The van der Waals surface area contributed by atoms with E-state index in [-0.39, 0.29) is 25.0 Å². The number of rotatable bonds is 5. The third kappa shape index (κ3) is 3.99. The monoisotopic (exact) mass is 418 g/mol. The minimum Gasteiger partial charge on any atom is -0.496 e. The number of hydrogen-bond acceptors (Lipinski definition) is 4. The lowest BCUT2D eigenvalue weighted by atomic mass is 10.1. The molecule has 0 saturated heterocycles. The summed E-state index contributed by atoms with van der Waals surface area (Å²) in [6.45, 7) is 2.19. The van der Waals surface area contributed by atoms with Crippen molar-refractivity contribution >= 4 is 33.4 Å². The van der Waals surface area contributed by atoms with Gasteiger partial charge in [0, 0.05) is 11.0 Å². The molecule has 1 heterocycles. The van der Waals surface area contributed by atoms with Crippen LogP contribution in [0.1, 0.15) is 11.1 Å². The molecule has 2 aromatic rings. The third-order valence-electron chi connectivity index (χ3n) is 4.13. The zero-order valence-electron chi connectivity index (χ0n) is 14.5. The summed E-state index contributed by atoms with van der Waals surface area (Å²) in [4.78, 5) is 25.9. The van der Waals surface area contributed by atoms with Crippen LogP contribution in [0.2, 0.25) is 0 Å². The highest BCUT2D eigenvalue weighted by atomic mass is 79.9. The molecule has 0 spiro atoms. The number of carbonyl (C=O) groups is 2. The standard InChI is InChI=1S/C19H19BrN2O4/c1-12-3-4-13(7-16(12)25-2)9-21-18(23)10-22-15-6-5-14(20)8-17(15)26-11-19(22)24/h3-8H,9-11H2,1-2H3,(H,21,23). The average molecular weight is 419 g/mol. The number of nitrogens with one attached hydrogen (secondary N) is 1. The van der Waals surface area contributed by atoms with Crippen LogP contribution >= 0.6 is 15.9 Å². The van der Waals surface area contributed by atoms with Crippen molar-refractivity contribution in [1.29, 1.82) is 0 Å². The fourth-order valence-electron chi connectivity index (χ4n) is 2.73. The molecule has 1 aliphatic heterocycles. The van der Waals surface area contributed by atoms with Gasteiger partial charge in [0.2, 0.25) is 5.91 Å². The Morgan fingerprint density at radius 1 is 1.31 bits per heavy atom. The van der Waals surface area contributed by atoms with E-state index in [2.05, 4.69) is 21.2 Å². The van der Waals surface area contributed by atoms with Crippen molar-refractivity contribution in [1.82, 2.24) is 5.32 Å². The van der Waals surface area contributed by atoms with Gasteiger partial charge in [0.25, 0.3) is 5.91 Å². The van der Waals surface area contributed by atoms with Crippen molar-refractivity contribution in [3.05, 3.63) is 52.0 Å². The topological polar surface area (TPSA) is 67.9 Å². The summed E-state index contributed by atoms with van der Waals surface area (Å²) in [5.41, 5.74) is 2.55. The first-order chi connectivity index (χ1) is 12.5. The van der Waals surface area contributed by atoms with Gasteiger partial charge in [0.1, 0.15) is 18.0 Å². The van der Waals surface area contributed by atoms with Crippen LogP contribution < -0.4 is 19.7 Å². The van der Waals surface area contributed by atoms with Crippen LogP contribution in [0.3, 0.4) is 0 Å². The fourth-order valence-corrected chi connectivity index (χ4v) is 3.07. The first-order valence-electron chi connectivity index (χ1n) is 8.11. The van der Waals surface area contributed by atoms with E-state index < -0.39 is 0 Å². The van der Waals surface area contributed by atoms with Crippen LogP contribution in [0.4, 0.5) is 5.69 Å². The predicted octanol–water partition coefficient (Wildman–Crippen LogP) is 2.81. The molecule has 0 bridgehead atoms. The number of benzene rings is 2. The van der Waals surface area contributed by atoms with E-state index in [0.29, 0.717) is 18.0 Å². The Balaban J connectivity index is 1.66. The largest absolute Gasteiger partial charge is 0.496 e. The molecule has 26 heavy (non-hydrogen) atoms. The van der Waals surface area contributed by atoms with Crippen LogP contribution in [0.15, 0.2) is 40.9 Å². The summed E-state index contributed by atoms with van der Waals surface area (Å²) in [6, 6.07) is 11.1. The molecule has 1 N–H and O–H groups in total. The molecule has 0 aromatic heterocycles. The minimum atomic E-state index is -0.244. The molecule has 0 atom stereocenters. The molecule has 0 aliphatic carbocycles. The summed E-state index contributed by atoms with van der Waals surface area (Å²) >= 11 is 3.37. The van der Waals surface area contributed by atoms with Gasteiger partial charge in [-0.1, -0.05) is 28.1 Å². The SMILES string of the molecule is COc1cc(CNC(=O)CN2C(=O)COc3cc(Br)ccc32)ccc1C. The average Bonchev–Trinajstić information content (AvgIpc) is 2.63. The number of aryl methyl sites for hydroxylation is 1. The second-order valence-electron chi connectivity index (χ2n) is 5.96. The van der Waals surface area contributed by atoms with Crippen molar-refractivity contribution in [2.24, 2.45) is 0 Å². The lowest BCUT2D eigenvalue weighted by Crippen LogP contribution is -2.45. The van der Waals surface area contributed by atoms with Crippen molar-refractivity contribution < 1.29 is 19.1 Å². The maximum absolute atomic E-state index is 12.3. The number of anilines is 1. The summed E-state index contributed by atoms with van der Waals surface area (Å²) in [7, 11) is 1.62. The molecule has 7 heteroatoms. The maximum atomic E-state index is 12.3. The zero-order valence-corrected chi connectivity index (χ0v) is 16.1. The Morgan fingerprint density at radius 2 is 2.12 bits per heavy atom. The highest BCUT2D eigenvalue weighted by Gasteiger charge is 2.27. The molecular weight excluding hydrogens is 400 g/mol. The van der Waals surface area contributed by atoms with Crippen LogP contribution in [0, 0.1) is 6.92 Å². The van der Waals surface area contributed by atoms with E-state index in [0.717, 1.165) is 21.3 Å². The lowest BCUT2D eigenvalue weighted by Gasteiger charge is -2.29. The number of carbonyl (C=O) groups excluding carboxylic acids is 2. The quantitative estimate of drug-likeness (QED) is 0.810. The highest BCUT2D eigenvalue weighted by molar-refractivity contribution is 9.10. The molecule has 1 aliphatic rings. The van der Waals surface area contributed by atoms with Crippen molar-refractivity contribution in [2.75, 3.05) is 25.2 Å². The minimum absolute atomic E-state index is 0.0557. The van der Waals surface area contributed by atoms with E-state index in [1.165, 1.54) is 4.90 Å². The summed E-state index contributed by atoms with van der Waals surface area (Å²) in [5.74, 6) is 0.871. The van der Waals surface area contributed by atoms with E-state index in [1.54, 1.807) is 19.2 Å². The zero-order chi connectivity index (χ0) is 18.7. The van der Waals surface area contributed by atoms with Gasteiger partial charge in [-0.2, -0.15) is 0 Å². The highest BCUT2D eigenvalue weighted by Crippen LogP contribution is 2.34. The van der Waals surface area contributed by atoms with Gasteiger partial charge in [-0.15, -0.1) is 0 Å². The molecule has 6 nitrogen and oxygen atoms in total. The molecule has 136 valence electrons. The number of fused-ring (bicyclic) bond motifs is 1. The third-order valence-corrected chi connectivity index (χ3v) is 4.62. The fraction of sp³-hybridized carbons (Fsp3) is 0.263. The Kier molecular flexibility index (Phi) is 5.46. The number of amides is 2. The van der Waals surface area contributed by atoms with Gasteiger partial charge >= 0.3 is 0 Å². The molecule has 2 amide bonds. The van der Waals surface area contributed by atoms with Gasteiger partial charge in [-0.25, -0.2) is 0 Å². The molecule has 0 radical (unpaired) electrons. The Morgan fingerprint density at radius 3 is 2.88 bits per heavy atom. The molecule has 0 unspecified atom stereocenters. The van der Waals surface area contributed by atoms with E-state index in [1.807, 2.05) is 31.2 Å². The Bertz CT molecular complexity index is 853. The molecule has 2 aromatic carbocycles. The second kappa shape index (κ2) is 7.78. The van der Waals surface area contributed by atoms with E-state index >= 15 is 0 Å². The predicted molar refractivity (Wildman–Crippen MR) is 102 cm³/mol. The number of hydrogen-bond donors (Lipinski definition) is 1. The van der Waals surface area contributed by atoms with Crippen LogP contribution in [0.25, 0.3) is 0 Å². The van der Waals surface area contributed by atoms with Crippen molar-refractivity contribution in [3.8, 4) is 11.5 Å². The van der Waals surface area contributed by atoms with Crippen LogP contribution in [0.5, 0.6) is 11.5 Å². The van der Waals surface area contributed by atoms with Crippen LogP contribution in [-0.2, 0) is 16.1 Å². The van der Waals surface area contributed by atoms with Gasteiger partial charge in [0.15, 0.2) is 6.61 Å². The molecule has 0 saturated carbocycles. The molecular formula is C19H19BrN2O4. The number of nitrogens with zero attached hydrogens (tertiary/aromatic N) is 1. The summed E-state index contributed by atoms with van der Waals surface area (Å²) < 4.78 is 11.6. The molecule has 0 fully saturated rings. The Hall–Kier alpha value is -2.54. The smallest absolute Gasteiger partial charge is 0.265 e. The van der Waals surface area contributed by atoms with Crippen molar-refractivity contribution in [3.63, 3.8) is 0 Å². The second-order valence-corrected chi connectivity index (χ2v) is 6.88.